The van der Waals surface area contributed by atoms with Gasteiger partial charge in [-0.3, -0.25) is 19.0 Å². The lowest BCUT2D eigenvalue weighted by molar-refractivity contribution is -0.116. The quantitative estimate of drug-likeness (QED) is 0.300. The Bertz CT molecular complexity index is 1860. The van der Waals surface area contributed by atoms with Crippen molar-refractivity contribution in [3.63, 3.8) is 0 Å². The maximum Gasteiger partial charge on any atom is 0.263 e. The predicted molar refractivity (Wildman–Crippen MR) is 157 cm³/mol. The lowest BCUT2D eigenvalue weighted by atomic mass is 10.0. The first-order valence-electron chi connectivity index (χ1n) is 13.3. The van der Waals surface area contributed by atoms with Gasteiger partial charge in [-0.05, 0) is 27.0 Å². The lowest BCUT2D eigenvalue weighted by Gasteiger charge is -2.39. The third-order valence-electron chi connectivity index (χ3n) is 7.61. The number of benzene rings is 1. The van der Waals surface area contributed by atoms with Gasteiger partial charge in [0, 0.05) is 56.1 Å². The van der Waals surface area contributed by atoms with Crippen LogP contribution < -0.4 is 21.5 Å². The second kappa shape index (κ2) is 11.3. The van der Waals surface area contributed by atoms with Crippen molar-refractivity contribution in [1.82, 2.24) is 24.0 Å². The number of pyridine rings is 1. The maximum absolute atomic E-state index is 15.1. The molecule has 1 aromatic carbocycles. The number of piperazine rings is 1. The van der Waals surface area contributed by atoms with Crippen molar-refractivity contribution in [2.45, 2.75) is 26.4 Å². The van der Waals surface area contributed by atoms with E-state index < -0.39 is 45.9 Å². The fraction of sp³-hybridized carbons (Fsp3) is 0.321. The van der Waals surface area contributed by atoms with Gasteiger partial charge in [0.25, 0.3) is 11.5 Å². The molecule has 3 aromatic heterocycles. The first-order valence-corrected chi connectivity index (χ1v) is 13.6. The molecule has 0 unspecified atom stereocenters. The monoisotopic (exact) mass is 614 g/mol. The Morgan fingerprint density at radius 3 is 2.58 bits per heavy atom. The number of aryl methyl sites for hydroxylation is 1. The minimum atomic E-state index is -1.71. The molecule has 4 heterocycles. The van der Waals surface area contributed by atoms with Gasteiger partial charge in [0.15, 0.2) is 11.6 Å². The van der Waals surface area contributed by atoms with Gasteiger partial charge in [-0.1, -0.05) is 11.6 Å². The highest BCUT2D eigenvalue weighted by Crippen LogP contribution is 2.36. The molecule has 0 spiro atoms. The van der Waals surface area contributed by atoms with Crippen molar-refractivity contribution in [3.05, 3.63) is 62.9 Å². The molecular formula is C28H29ClF2N8O4. The zero-order valence-electron chi connectivity index (χ0n) is 23.8. The van der Waals surface area contributed by atoms with Crippen LogP contribution in [-0.4, -0.2) is 73.6 Å². The Morgan fingerprint density at radius 1 is 1.19 bits per heavy atom. The van der Waals surface area contributed by atoms with Crippen LogP contribution in [0.5, 0.6) is 5.75 Å². The predicted octanol–water partition coefficient (Wildman–Crippen LogP) is 2.62. The number of rotatable bonds is 6. The Morgan fingerprint density at radius 2 is 1.91 bits per heavy atom. The van der Waals surface area contributed by atoms with Gasteiger partial charge in [-0.25, -0.2) is 14.4 Å². The number of hydrogen-bond acceptors (Lipinski definition) is 8. The molecule has 2 amide bonds. The van der Waals surface area contributed by atoms with Crippen LogP contribution in [0.4, 0.5) is 20.3 Å². The topological polar surface area (TPSA) is 152 Å². The number of nitrogens with two attached hydrogens (primary N) is 1. The summed E-state index contributed by atoms with van der Waals surface area (Å²) in [6, 6.07) is 2.71. The summed E-state index contributed by atoms with van der Waals surface area (Å²) in [5, 5.41) is 12.7. The van der Waals surface area contributed by atoms with Crippen molar-refractivity contribution in [2.24, 2.45) is 12.8 Å². The van der Waals surface area contributed by atoms with Crippen molar-refractivity contribution < 1.29 is 23.5 Å². The number of hydrogen-bond donors (Lipinski definition) is 3. The van der Waals surface area contributed by atoms with E-state index in [9.17, 15) is 23.9 Å². The van der Waals surface area contributed by atoms with Crippen LogP contribution in [0, 0.1) is 18.6 Å². The molecule has 0 saturated carbocycles. The average molecular weight is 615 g/mol. The molecule has 12 nitrogen and oxygen atoms in total. The second-order valence-electron chi connectivity index (χ2n) is 10.6. The number of aromatic hydroxyl groups is 1. The number of carbonyl (C=O) groups excluding carboxylic acids is 2. The van der Waals surface area contributed by atoms with E-state index in [2.05, 4.69) is 32.0 Å². The smallest absolute Gasteiger partial charge is 0.263 e. The van der Waals surface area contributed by atoms with E-state index >= 15 is 4.39 Å². The molecule has 0 bridgehead atoms. The molecule has 1 fully saturated rings. The van der Waals surface area contributed by atoms with Gasteiger partial charge < -0.3 is 30.5 Å². The Kier molecular flexibility index (Phi) is 7.84. The summed E-state index contributed by atoms with van der Waals surface area (Å²) in [6.45, 7) is 5.68. The van der Waals surface area contributed by atoms with Gasteiger partial charge >= 0.3 is 0 Å². The maximum atomic E-state index is 15.1. The van der Waals surface area contributed by atoms with Crippen LogP contribution in [-0.2, 0) is 18.4 Å². The van der Waals surface area contributed by atoms with Gasteiger partial charge in [0.2, 0.25) is 11.7 Å². The highest BCUT2D eigenvalue weighted by atomic mass is 35.5. The van der Waals surface area contributed by atoms with E-state index in [1.165, 1.54) is 28.6 Å². The van der Waals surface area contributed by atoms with Crippen molar-refractivity contribution >= 4 is 46.0 Å². The molecule has 226 valence electrons. The van der Waals surface area contributed by atoms with Crippen molar-refractivity contribution in [3.8, 4) is 16.9 Å². The largest absolute Gasteiger partial charge is 0.504 e. The highest BCUT2D eigenvalue weighted by molar-refractivity contribution is 6.33. The minimum Gasteiger partial charge on any atom is -0.504 e. The molecule has 4 aromatic rings. The summed E-state index contributed by atoms with van der Waals surface area (Å²) < 4.78 is 32.3. The number of fused-ring (bicyclic) bond motifs is 1. The van der Waals surface area contributed by atoms with Crippen molar-refractivity contribution in [1.29, 1.82) is 0 Å². The fourth-order valence-corrected chi connectivity index (χ4v) is 5.40. The molecule has 1 aliphatic heterocycles. The summed E-state index contributed by atoms with van der Waals surface area (Å²) in [5.74, 6) is -5.29. The first kappa shape index (κ1) is 29.9. The third-order valence-corrected chi connectivity index (χ3v) is 7.91. The third kappa shape index (κ3) is 5.39. The average Bonchev–Trinajstić information content (AvgIpc) is 3.29. The van der Waals surface area contributed by atoms with Crippen LogP contribution in [0.1, 0.15) is 23.1 Å². The van der Waals surface area contributed by atoms with E-state index in [-0.39, 0.29) is 34.2 Å². The molecule has 0 radical (unpaired) electrons. The number of likely N-dealkylation sites (N-methyl/N-ethyl adjacent to an activating group) is 1. The normalized spacial score (nSPS) is 15.7. The number of aromatic nitrogens is 4. The number of carbonyl (C=O) groups is 2. The van der Waals surface area contributed by atoms with Gasteiger partial charge in [0.05, 0.1) is 27.9 Å². The highest BCUT2D eigenvalue weighted by Gasteiger charge is 2.27. The van der Waals surface area contributed by atoms with E-state index in [1.807, 2.05) is 7.05 Å². The zero-order valence-corrected chi connectivity index (χ0v) is 24.5. The van der Waals surface area contributed by atoms with Crippen LogP contribution in [0.2, 0.25) is 5.02 Å². The second-order valence-corrected chi connectivity index (χ2v) is 11.0. The molecular weight excluding hydrogens is 586 g/mol. The van der Waals surface area contributed by atoms with Gasteiger partial charge in [0.1, 0.15) is 23.8 Å². The summed E-state index contributed by atoms with van der Waals surface area (Å²) in [4.78, 5) is 51.6. The molecule has 5 rings (SSSR count). The molecule has 1 saturated heterocycles. The Labute approximate surface area is 249 Å². The van der Waals surface area contributed by atoms with Crippen LogP contribution >= 0.6 is 11.6 Å². The number of amides is 2. The van der Waals surface area contributed by atoms with E-state index in [4.69, 9.17) is 17.3 Å². The van der Waals surface area contributed by atoms with Crippen LogP contribution in [0.15, 0.2) is 29.3 Å². The van der Waals surface area contributed by atoms with Crippen LogP contribution in [0.3, 0.4) is 0 Å². The van der Waals surface area contributed by atoms with Crippen LogP contribution in [0.25, 0.3) is 22.2 Å². The number of primary amides is 1. The molecule has 0 aliphatic carbocycles. The van der Waals surface area contributed by atoms with Gasteiger partial charge in [-0.15, -0.1) is 0 Å². The fourth-order valence-electron chi connectivity index (χ4n) is 5.25. The summed E-state index contributed by atoms with van der Waals surface area (Å²) in [7, 11) is 3.49. The van der Waals surface area contributed by atoms with E-state index in [0.29, 0.717) is 17.3 Å². The molecule has 1 atom stereocenters. The number of halogens is 3. The number of anilines is 2. The standard InChI is InChI=1S/C28H29ClF2N8O4/c1-13-10-36(3)5-6-39(13)20-8-19(18(29)9-33-20)35-21(40)12-38-11-17(22-27(38)34-14(2)37(4)28(22)43)15-7-16(26(32)42)25(41)24(31)23(15)30/h7-9,11,13,41H,5-6,10,12H2,1-4H3,(H2,32,42)(H,33,35,40)/t13-/m0/s1. The molecule has 43 heavy (non-hydrogen) atoms. The first-order chi connectivity index (χ1) is 20.3. The van der Waals surface area contributed by atoms with Gasteiger partial charge in [-0.2, -0.15) is 4.39 Å². The lowest BCUT2D eigenvalue weighted by Crippen LogP contribution is -2.50. The van der Waals surface area contributed by atoms with E-state index in [1.54, 1.807) is 13.0 Å². The molecule has 1 aliphatic rings. The summed E-state index contributed by atoms with van der Waals surface area (Å²) in [6.07, 6.45) is 2.71. The molecule has 4 N–H and O–H groups in total. The van der Waals surface area contributed by atoms with Crippen molar-refractivity contribution in [2.75, 3.05) is 36.9 Å². The Balaban J connectivity index is 1.54. The number of nitrogens with one attached hydrogen (secondary N) is 1. The zero-order chi connectivity index (χ0) is 31.3. The number of phenols is 1. The molecule has 15 heteroatoms. The summed E-state index contributed by atoms with van der Waals surface area (Å²) in [5.41, 5.74) is 3.64. The number of nitrogens with zero attached hydrogens (tertiary/aromatic N) is 6. The summed E-state index contributed by atoms with van der Waals surface area (Å²) >= 11 is 6.36. The van der Waals surface area contributed by atoms with E-state index in [0.717, 1.165) is 25.7 Å². The minimum absolute atomic E-state index is 0.0204. The SMILES string of the molecule is Cc1nc2c(c(-c3cc(C(N)=O)c(O)c(F)c3F)cn2CC(=O)Nc2cc(N3CCN(C)C[C@@H]3C)ncc2Cl)c(=O)n1C. The Hall–Kier alpha value is -4.56.